The molecule has 0 aliphatic carbocycles. The minimum atomic E-state index is -1.21. The number of carboxylic acids is 2. The third-order valence-corrected chi connectivity index (χ3v) is 4.85. The maximum atomic E-state index is 12.4. The molecule has 9 nitrogen and oxygen atoms in total. The fourth-order valence-corrected chi connectivity index (χ4v) is 3.16. The van der Waals surface area contributed by atoms with E-state index in [0.717, 1.165) is 11.1 Å². The van der Waals surface area contributed by atoms with E-state index in [1.165, 1.54) is 4.90 Å². The number of benzene rings is 1. The Hall–Kier alpha value is -2.56. The molecular weight excluding hydrogens is 398 g/mol. The monoisotopic (exact) mass is 425 g/mol. The zero-order valence-corrected chi connectivity index (χ0v) is 16.5. The molecule has 2 rings (SSSR count). The van der Waals surface area contributed by atoms with Gasteiger partial charge in [-0.15, -0.1) is 0 Å². The third kappa shape index (κ3) is 7.05. The summed E-state index contributed by atoms with van der Waals surface area (Å²) >= 11 is 0. The van der Waals surface area contributed by atoms with Crippen molar-refractivity contribution in [2.24, 2.45) is 5.73 Å². The number of alkyl halides is 1. The number of rotatable bonds is 12. The summed E-state index contributed by atoms with van der Waals surface area (Å²) in [5.74, 6) is -2.79. The summed E-state index contributed by atoms with van der Waals surface area (Å²) < 4.78 is 23.0. The Bertz CT molecular complexity index is 728. The van der Waals surface area contributed by atoms with E-state index < -0.39 is 42.7 Å². The van der Waals surface area contributed by atoms with Gasteiger partial charge in [0.05, 0.1) is 25.9 Å². The van der Waals surface area contributed by atoms with E-state index in [4.69, 9.17) is 20.3 Å². The summed E-state index contributed by atoms with van der Waals surface area (Å²) in [5.41, 5.74) is 7.17. The second kappa shape index (κ2) is 11.6. The summed E-state index contributed by atoms with van der Waals surface area (Å²) in [4.78, 5) is 35.9. The van der Waals surface area contributed by atoms with E-state index in [-0.39, 0.29) is 39.0 Å². The summed E-state index contributed by atoms with van der Waals surface area (Å²) in [6.45, 7) is 0.198. The van der Waals surface area contributed by atoms with Crippen LogP contribution in [0.25, 0.3) is 0 Å². The maximum absolute atomic E-state index is 12.4. The zero-order valence-electron chi connectivity index (χ0n) is 16.5. The molecule has 166 valence electrons. The molecule has 0 bridgehead atoms. The Balaban J connectivity index is 1.86. The molecule has 3 atom stereocenters. The molecule has 1 aliphatic rings. The molecule has 0 spiro atoms. The lowest BCUT2D eigenvalue weighted by molar-refractivity contribution is -0.148. The molecule has 0 saturated carbocycles. The molecule has 1 fully saturated rings. The van der Waals surface area contributed by atoms with Gasteiger partial charge in [0, 0.05) is 19.4 Å². The largest absolute Gasteiger partial charge is 0.480 e. The number of hydrogen-bond donors (Lipinski definition) is 3. The summed E-state index contributed by atoms with van der Waals surface area (Å²) in [5, 5.41) is 18.2. The summed E-state index contributed by atoms with van der Waals surface area (Å²) in [6, 6.07) is 5.18. The quantitative estimate of drug-likeness (QED) is 0.420. The van der Waals surface area contributed by atoms with Gasteiger partial charge in [-0.25, -0.2) is 9.18 Å². The van der Waals surface area contributed by atoms with Crippen molar-refractivity contribution in [3.05, 3.63) is 35.4 Å². The van der Waals surface area contributed by atoms with Gasteiger partial charge in [-0.2, -0.15) is 0 Å². The van der Waals surface area contributed by atoms with Gasteiger partial charge < -0.3 is 30.3 Å². The van der Waals surface area contributed by atoms with Crippen molar-refractivity contribution in [3.8, 4) is 0 Å². The number of halogens is 1. The van der Waals surface area contributed by atoms with Crippen LogP contribution in [0.1, 0.15) is 30.4 Å². The first-order valence-electron chi connectivity index (χ1n) is 9.65. The summed E-state index contributed by atoms with van der Waals surface area (Å²) in [7, 11) is 0. The SMILES string of the molecule is N[C@@H](CCC(=O)N1C[C@H](OCc2ccc(COCC[18F])cc2)C[C@H]1C(=O)O)C(=O)O. The van der Waals surface area contributed by atoms with Gasteiger partial charge in [-0.3, -0.25) is 9.59 Å². The van der Waals surface area contributed by atoms with E-state index in [2.05, 4.69) is 0 Å². The second-order valence-corrected chi connectivity index (χ2v) is 7.11. The Morgan fingerprint density at radius 1 is 1.17 bits per heavy atom. The van der Waals surface area contributed by atoms with Crippen molar-refractivity contribution >= 4 is 17.8 Å². The molecule has 1 aromatic rings. The molecule has 4 N–H and O–H groups in total. The van der Waals surface area contributed by atoms with Crippen molar-refractivity contribution in [1.29, 1.82) is 0 Å². The first-order valence-corrected chi connectivity index (χ1v) is 9.65. The Morgan fingerprint density at radius 2 is 1.80 bits per heavy atom. The molecule has 0 aromatic heterocycles. The molecule has 1 amide bonds. The van der Waals surface area contributed by atoms with Crippen LogP contribution in [0.5, 0.6) is 0 Å². The lowest BCUT2D eigenvalue weighted by atomic mass is 10.1. The number of carboxylic acid groups (broad SMARTS) is 2. The Labute approximate surface area is 173 Å². The highest BCUT2D eigenvalue weighted by molar-refractivity contribution is 5.85. The molecular formula is C20H27FN2O7. The van der Waals surface area contributed by atoms with Gasteiger partial charge in [0.1, 0.15) is 18.8 Å². The first kappa shape index (κ1) is 23.7. The topological polar surface area (TPSA) is 139 Å². The number of nitrogens with two attached hydrogens (primary N) is 1. The second-order valence-electron chi connectivity index (χ2n) is 7.11. The normalized spacial score (nSPS) is 19.6. The van der Waals surface area contributed by atoms with Gasteiger partial charge in [0.2, 0.25) is 5.91 Å². The smallest absolute Gasteiger partial charge is 0.326 e. The van der Waals surface area contributed by atoms with Crippen LogP contribution in [0.2, 0.25) is 0 Å². The predicted octanol–water partition coefficient (Wildman–Crippen LogP) is 0.935. The highest BCUT2D eigenvalue weighted by Crippen LogP contribution is 2.23. The molecule has 10 heteroatoms. The number of carbonyl (C=O) groups is 3. The van der Waals surface area contributed by atoms with E-state index in [9.17, 15) is 23.9 Å². The molecule has 1 aliphatic heterocycles. The van der Waals surface area contributed by atoms with Crippen LogP contribution in [0.15, 0.2) is 24.3 Å². The van der Waals surface area contributed by atoms with Crippen LogP contribution in [0.4, 0.5) is 4.39 Å². The summed E-state index contributed by atoms with van der Waals surface area (Å²) in [6.07, 6.45) is -0.503. The average molecular weight is 425 g/mol. The Kier molecular flexibility index (Phi) is 9.15. The van der Waals surface area contributed by atoms with E-state index in [0.29, 0.717) is 6.61 Å². The van der Waals surface area contributed by atoms with E-state index in [1.807, 2.05) is 24.3 Å². The van der Waals surface area contributed by atoms with Crippen LogP contribution >= 0.6 is 0 Å². The van der Waals surface area contributed by atoms with Gasteiger partial charge in [-0.1, -0.05) is 24.3 Å². The molecule has 1 aromatic carbocycles. The van der Waals surface area contributed by atoms with Crippen molar-refractivity contribution in [1.82, 2.24) is 4.90 Å². The van der Waals surface area contributed by atoms with Gasteiger partial charge >= 0.3 is 11.9 Å². The lowest BCUT2D eigenvalue weighted by Gasteiger charge is -2.21. The van der Waals surface area contributed by atoms with Crippen molar-refractivity contribution in [3.63, 3.8) is 0 Å². The highest BCUT2D eigenvalue weighted by atomic mass is 18.2. The van der Waals surface area contributed by atoms with Crippen LogP contribution < -0.4 is 5.73 Å². The fourth-order valence-electron chi connectivity index (χ4n) is 3.16. The van der Waals surface area contributed by atoms with Crippen molar-refractivity contribution < 1.29 is 38.5 Å². The van der Waals surface area contributed by atoms with Crippen molar-refractivity contribution in [2.75, 3.05) is 19.8 Å². The van der Waals surface area contributed by atoms with Gasteiger partial charge in [-0.05, 0) is 17.5 Å². The highest BCUT2D eigenvalue weighted by Gasteiger charge is 2.40. The standard InChI is InChI=1S/C20H27FN2O7/c21-7-8-29-11-13-1-3-14(4-2-13)12-30-15-9-17(20(27)28)23(10-15)18(24)6-5-16(22)19(25)26/h1-4,15-17H,5-12,22H2,(H,25,26)(H,27,28)/t15-,16+,17+/m1/s1/i21-1. The van der Waals surface area contributed by atoms with Crippen LogP contribution in [-0.4, -0.2) is 71.0 Å². The number of nitrogens with zero attached hydrogens (tertiary/aromatic N) is 1. The first-order chi connectivity index (χ1) is 14.3. The van der Waals surface area contributed by atoms with Crippen LogP contribution in [0.3, 0.4) is 0 Å². The maximum Gasteiger partial charge on any atom is 0.326 e. The zero-order chi connectivity index (χ0) is 22.1. The predicted molar refractivity (Wildman–Crippen MR) is 103 cm³/mol. The average Bonchev–Trinajstić information content (AvgIpc) is 3.16. The lowest BCUT2D eigenvalue weighted by Crippen LogP contribution is -2.41. The molecule has 0 unspecified atom stereocenters. The van der Waals surface area contributed by atoms with Crippen LogP contribution in [0, 0.1) is 0 Å². The minimum Gasteiger partial charge on any atom is -0.480 e. The number of carbonyl (C=O) groups excluding carboxylic acids is 1. The number of aliphatic carboxylic acids is 2. The van der Waals surface area contributed by atoms with E-state index >= 15 is 0 Å². The van der Waals surface area contributed by atoms with E-state index in [1.54, 1.807) is 0 Å². The van der Waals surface area contributed by atoms with Gasteiger partial charge in [0.25, 0.3) is 0 Å². The van der Waals surface area contributed by atoms with Crippen molar-refractivity contribution in [2.45, 2.75) is 50.7 Å². The third-order valence-electron chi connectivity index (χ3n) is 4.85. The Morgan fingerprint density at radius 3 is 2.37 bits per heavy atom. The van der Waals surface area contributed by atoms with Gasteiger partial charge in [0.15, 0.2) is 0 Å². The minimum absolute atomic E-state index is 0.0503. The molecule has 0 radical (unpaired) electrons. The molecule has 1 saturated heterocycles. The number of amides is 1. The number of ether oxygens (including phenoxy) is 2. The molecule has 1 heterocycles. The number of likely N-dealkylation sites (tertiary alicyclic amines) is 1. The fraction of sp³-hybridized carbons (Fsp3) is 0.550. The number of hydrogen-bond acceptors (Lipinski definition) is 6. The van der Waals surface area contributed by atoms with Crippen LogP contribution in [-0.2, 0) is 37.1 Å². The molecule has 30 heavy (non-hydrogen) atoms.